The zero-order valence-corrected chi connectivity index (χ0v) is 20.3. The molecule has 0 N–H and O–H groups in total. The fraction of sp³-hybridized carbons (Fsp3) is 0.462. The van der Waals surface area contributed by atoms with E-state index in [-0.39, 0.29) is 11.6 Å². The summed E-state index contributed by atoms with van der Waals surface area (Å²) in [6, 6.07) is 10.8. The van der Waals surface area contributed by atoms with Gasteiger partial charge in [-0.1, -0.05) is 45.4 Å². The molecule has 0 spiro atoms. The summed E-state index contributed by atoms with van der Waals surface area (Å²) < 4.78 is 25.0. The van der Waals surface area contributed by atoms with Crippen LogP contribution in [0.2, 0.25) is 5.02 Å². The highest BCUT2D eigenvalue weighted by Crippen LogP contribution is 2.17. The molecule has 2 aromatic rings. The van der Waals surface area contributed by atoms with Crippen molar-refractivity contribution in [3.63, 3.8) is 0 Å². The normalized spacial score (nSPS) is 14.8. The van der Waals surface area contributed by atoms with Crippen LogP contribution < -0.4 is 0 Å². The van der Waals surface area contributed by atoms with Gasteiger partial charge in [0.2, 0.25) is 5.91 Å². The van der Waals surface area contributed by atoms with Gasteiger partial charge in [-0.15, -0.1) is 0 Å². The van der Waals surface area contributed by atoms with Gasteiger partial charge in [0, 0.05) is 19.5 Å². The fourth-order valence-corrected chi connectivity index (χ4v) is 3.44. The number of hydrogen-bond donors (Lipinski definition) is 0. The topological polar surface area (TPSA) is 44.1 Å². The van der Waals surface area contributed by atoms with E-state index in [1.807, 2.05) is 24.0 Å². The number of hydrogen-bond acceptors (Lipinski definition) is 2. The third kappa shape index (κ3) is 9.78. The molecule has 1 unspecified atom stereocenters. The first-order valence-corrected chi connectivity index (χ1v) is 11.3. The zero-order valence-electron chi connectivity index (χ0n) is 19.6. The molecule has 1 amide bonds. The molecule has 2 aromatic carbocycles. The Balaban J connectivity index is 0.000000241. The van der Waals surface area contributed by atoms with E-state index in [0.717, 1.165) is 30.8 Å². The van der Waals surface area contributed by atoms with Gasteiger partial charge >= 0.3 is 0 Å². The van der Waals surface area contributed by atoms with Crippen LogP contribution in [0, 0.1) is 41.7 Å². The van der Waals surface area contributed by atoms with E-state index in [4.69, 9.17) is 16.9 Å². The Labute approximate surface area is 196 Å². The molecule has 3 nitrogen and oxygen atoms in total. The van der Waals surface area contributed by atoms with E-state index in [1.165, 1.54) is 12.5 Å². The summed E-state index contributed by atoms with van der Waals surface area (Å²) in [4.78, 5) is 13.5. The first kappa shape index (κ1) is 27.6. The average Bonchev–Trinajstić information content (AvgIpc) is 3.17. The summed E-state index contributed by atoms with van der Waals surface area (Å²) in [5.41, 5.74) is 2.04. The smallest absolute Gasteiger partial charge is 0.222 e. The lowest BCUT2D eigenvalue weighted by Crippen LogP contribution is -2.29. The van der Waals surface area contributed by atoms with Crippen LogP contribution in [0.5, 0.6) is 0 Å². The van der Waals surface area contributed by atoms with Crippen LogP contribution in [-0.4, -0.2) is 23.9 Å². The van der Waals surface area contributed by atoms with E-state index in [0.29, 0.717) is 46.7 Å². The van der Waals surface area contributed by atoms with Crippen molar-refractivity contribution in [3.05, 3.63) is 69.7 Å². The molecule has 1 aliphatic heterocycles. The number of carbonyl (C=O) groups excluding carboxylic acids is 1. The number of rotatable bonds is 3. The van der Waals surface area contributed by atoms with Crippen LogP contribution in [0.25, 0.3) is 0 Å². The highest BCUT2D eigenvalue weighted by Gasteiger charge is 2.23. The van der Waals surface area contributed by atoms with Crippen LogP contribution in [0.3, 0.4) is 0 Å². The van der Waals surface area contributed by atoms with Crippen molar-refractivity contribution in [3.8, 4) is 6.07 Å². The summed E-state index contributed by atoms with van der Waals surface area (Å²) >= 11 is 5.71. The summed E-state index contributed by atoms with van der Waals surface area (Å²) in [7, 11) is 0. The van der Waals surface area contributed by atoms with Crippen LogP contribution in [0.15, 0.2) is 36.4 Å². The number of aryl methyl sites for hydroxylation is 2. The minimum absolute atomic E-state index is 0.330. The van der Waals surface area contributed by atoms with Crippen molar-refractivity contribution in [2.75, 3.05) is 13.1 Å². The molecule has 0 saturated carbocycles. The quantitative estimate of drug-likeness (QED) is 0.495. The van der Waals surface area contributed by atoms with Crippen molar-refractivity contribution >= 4 is 17.5 Å². The largest absolute Gasteiger partial charge is 0.342 e. The summed E-state index contributed by atoms with van der Waals surface area (Å²) in [6.07, 6.45) is 2.43. The summed E-state index contributed by atoms with van der Waals surface area (Å²) in [5, 5.41) is 9.00. The standard InChI is InChI=1S/C10H19NO.C8H6ClN.C8H8F2/c1-8(2)6-10(12)11-5-4-9(3)7-11;1-6-2-3-7(5-10)8(9)4-6;1-2-6-5-7(9)3-4-8(6)10/h8-9H,4-7H2,1-3H3;2-4H,1H3;3-5H,2H2,1H3. The molecular formula is C26H33ClF2N2O. The second kappa shape index (κ2) is 13.9. The maximum atomic E-state index is 12.6. The molecule has 1 heterocycles. The third-order valence-electron chi connectivity index (χ3n) is 4.99. The van der Waals surface area contributed by atoms with Crippen molar-refractivity contribution in [2.24, 2.45) is 11.8 Å². The number of halogens is 3. The third-order valence-corrected chi connectivity index (χ3v) is 5.31. The Hall–Kier alpha value is -2.45. The molecule has 6 heteroatoms. The van der Waals surface area contributed by atoms with E-state index < -0.39 is 0 Å². The molecule has 0 aromatic heterocycles. The Morgan fingerprint density at radius 3 is 2.41 bits per heavy atom. The van der Waals surface area contributed by atoms with Gasteiger partial charge in [-0.3, -0.25) is 4.79 Å². The molecule has 1 saturated heterocycles. The molecule has 0 aliphatic carbocycles. The number of benzene rings is 2. The van der Waals surface area contributed by atoms with E-state index in [1.54, 1.807) is 19.1 Å². The number of carbonyl (C=O) groups is 1. The first-order valence-electron chi connectivity index (χ1n) is 10.9. The molecule has 0 radical (unpaired) electrons. The van der Waals surface area contributed by atoms with Crippen LogP contribution >= 0.6 is 11.6 Å². The number of nitrogens with zero attached hydrogens (tertiary/aromatic N) is 2. The van der Waals surface area contributed by atoms with Crippen molar-refractivity contribution in [1.82, 2.24) is 4.90 Å². The monoisotopic (exact) mass is 462 g/mol. The molecule has 0 bridgehead atoms. The maximum Gasteiger partial charge on any atom is 0.222 e. The van der Waals surface area contributed by atoms with Crippen LogP contribution in [-0.2, 0) is 11.2 Å². The molecule has 3 rings (SSSR count). The minimum Gasteiger partial charge on any atom is -0.342 e. The maximum absolute atomic E-state index is 12.6. The summed E-state index contributed by atoms with van der Waals surface area (Å²) in [5.74, 6) is 0.839. The van der Waals surface area contributed by atoms with E-state index >= 15 is 0 Å². The second-order valence-corrected chi connectivity index (χ2v) is 8.92. The fourth-order valence-electron chi connectivity index (χ4n) is 3.16. The van der Waals surface area contributed by atoms with Crippen molar-refractivity contribution in [1.29, 1.82) is 5.26 Å². The zero-order chi connectivity index (χ0) is 24.3. The van der Waals surface area contributed by atoms with Gasteiger partial charge in [-0.05, 0) is 73.1 Å². The van der Waals surface area contributed by atoms with Gasteiger partial charge in [0.25, 0.3) is 0 Å². The van der Waals surface area contributed by atoms with Crippen LogP contribution in [0.4, 0.5) is 8.78 Å². The predicted molar refractivity (Wildman–Crippen MR) is 126 cm³/mol. The van der Waals surface area contributed by atoms with Crippen molar-refractivity contribution < 1.29 is 13.6 Å². The van der Waals surface area contributed by atoms with E-state index in [2.05, 4.69) is 20.8 Å². The Morgan fingerprint density at radius 1 is 1.25 bits per heavy atom. The Morgan fingerprint density at radius 2 is 1.94 bits per heavy atom. The predicted octanol–water partition coefficient (Wildman–Crippen LogP) is 6.95. The molecule has 32 heavy (non-hydrogen) atoms. The minimum atomic E-state index is -0.377. The average molecular weight is 463 g/mol. The molecule has 1 atom stereocenters. The summed E-state index contributed by atoms with van der Waals surface area (Å²) in [6.45, 7) is 12.1. The SMILES string of the molecule is CC(C)CC(=O)N1CCC(C)C1.CCc1cc(F)ccc1F.Cc1ccc(C#N)c(Cl)c1. The van der Waals surface area contributed by atoms with Gasteiger partial charge < -0.3 is 4.90 Å². The molecule has 1 aliphatic rings. The molecule has 1 fully saturated rings. The highest BCUT2D eigenvalue weighted by atomic mass is 35.5. The highest BCUT2D eigenvalue weighted by molar-refractivity contribution is 6.31. The first-order chi connectivity index (χ1) is 15.1. The van der Waals surface area contributed by atoms with E-state index in [9.17, 15) is 13.6 Å². The van der Waals surface area contributed by atoms with Gasteiger partial charge in [-0.2, -0.15) is 5.26 Å². The number of nitriles is 1. The van der Waals surface area contributed by atoms with Gasteiger partial charge in [-0.25, -0.2) is 8.78 Å². The Bertz CT molecular complexity index is 916. The molecular weight excluding hydrogens is 430 g/mol. The Kier molecular flexibility index (Phi) is 11.9. The second-order valence-electron chi connectivity index (χ2n) is 8.52. The van der Waals surface area contributed by atoms with Gasteiger partial charge in [0.15, 0.2) is 0 Å². The van der Waals surface area contributed by atoms with Crippen molar-refractivity contribution in [2.45, 2.75) is 53.9 Å². The van der Waals surface area contributed by atoms with Gasteiger partial charge in [0.1, 0.15) is 17.7 Å². The lowest BCUT2D eigenvalue weighted by Gasteiger charge is -2.16. The van der Waals surface area contributed by atoms with Crippen LogP contribution in [0.1, 0.15) is 57.2 Å². The number of amides is 1. The lowest BCUT2D eigenvalue weighted by atomic mass is 10.1. The van der Waals surface area contributed by atoms with Gasteiger partial charge in [0.05, 0.1) is 10.6 Å². The number of likely N-dealkylation sites (tertiary alicyclic amines) is 1. The molecule has 174 valence electrons. The lowest BCUT2D eigenvalue weighted by molar-refractivity contribution is -0.131.